The van der Waals surface area contributed by atoms with Crippen LogP contribution in [0.3, 0.4) is 0 Å². The maximum absolute atomic E-state index is 13.2. The normalized spacial score (nSPS) is 11.8. The third kappa shape index (κ3) is 4.70. The minimum Gasteiger partial charge on any atom is -0.377 e. The van der Waals surface area contributed by atoms with Crippen LogP contribution in [0.15, 0.2) is 67.4 Å². The van der Waals surface area contributed by atoms with Crippen LogP contribution in [0.1, 0.15) is 40.4 Å². The van der Waals surface area contributed by atoms with Gasteiger partial charge in [-0.15, -0.1) is 0 Å². The maximum Gasteiger partial charge on any atom is 0.251 e. The Balaban J connectivity index is 1.73. The highest BCUT2D eigenvalue weighted by molar-refractivity contribution is 5.96. The molecule has 1 N–H and O–H groups in total. The monoisotopic (exact) mass is 428 g/mol. The van der Waals surface area contributed by atoms with Crippen molar-refractivity contribution in [3.05, 3.63) is 90.0 Å². The molecule has 0 saturated heterocycles. The fourth-order valence-corrected chi connectivity index (χ4v) is 3.37. The summed E-state index contributed by atoms with van der Waals surface area (Å²) in [5, 5.41) is 7.34. The predicted octanol–water partition coefficient (Wildman–Crippen LogP) is 3.67. The number of amides is 1. The van der Waals surface area contributed by atoms with Crippen LogP contribution < -0.4 is 5.32 Å². The summed E-state index contributed by atoms with van der Waals surface area (Å²) in [5.74, 6) is 0.430. The number of carbonyl (C=O) groups excluding carboxylic acids is 1. The van der Waals surface area contributed by atoms with Gasteiger partial charge in [-0.3, -0.25) is 14.8 Å². The maximum atomic E-state index is 13.2. The van der Waals surface area contributed by atoms with E-state index >= 15 is 0 Å². The second kappa shape index (κ2) is 9.49. The van der Waals surface area contributed by atoms with Crippen molar-refractivity contribution in [2.45, 2.75) is 26.5 Å². The summed E-state index contributed by atoms with van der Waals surface area (Å²) in [4.78, 5) is 25.8. The van der Waals surface area contributed by atoms with Crippen molar-refractivity contribution in [3.63, 3.8) is 0 Å². The van der Waals surface area contributed by atoms with Crippen LogP contribution in [-0.4, -0.2) is 37.7 Å². The quantitative estimate of drug-likeness (QED) is 0.483. The lowest BCUT2D eigenvalue weighted by Gasteiger charge is -2.15. The van der Waals surface area contributed by atoms with E-state index in [9.17, 15) is 4.79 Å². The zero-order valence-corrected chi connectivity index (χ0v) is 18.2. The van der Waals surface area contributed by atoms with E-state index in [0.29, 0.717) is 23.7 Å². The third-order valence-corrected chi connectivity index (χ3v) is 5.08. The summed E-state index contributed by atoms with van der Waals surface area (Å²) in [6.45, 7) is 4.22. The molecular weight excluding hydrogens is 404 g/mol. The minimum atomic E-state index is -0.293. The van der Waals surface area contributed by atoms with Crippen LogP contribution in [0.4, 0.5) is 0 Å². The molecule has 8 nitrogen and oxygen atoms in total. The van der Waals surface area contributed by atoms with E-state index in [1.807, 2.05) is 50.2 Å². The van der Waals surface area contributed by atoms with Gasteiger partial charge in [0.1, 0.15) is 12.9 Å². The summed E-state index contributed by atoms with van der Waals surface area (Å²) >= 11 is 0. The van der Waals surface area contributed by atoms with Gasteiger partial charge in [-0.2, -0.15) is 5.10 Å². The lowest BCUT2D eigenvalue weighted by atomic mass is 10.0. The fraction of sp³-hybridized carbons (Fsp3) is 0.208. The van der Waals surface area contributed by atoms with Crippen LogP contribution in [-0.2, 0) is 11.3 Å². The van der Waals surface area contributed by atoms with Crippen LogP contribution in [0.5, 0.6) is 0 Å². The number of carbonyl (C=O) groups is 1. The molecule has 0 aliphatic carbocycles. The lowest BCUT2D eigenvalue weighted by molar-refractivity contribution is 0.0939. The van der Waals surface area contributed by atoms with E-state index in [4.69, 9.17) is 4.74 Å². The van der Waals surface area contributed by atoms with Gasteiger partial charge in [-0.25, -0.2) is 9.67 Å². The van der Waals surface area contributed by atoms with Crippen molar-refractivity contribution in [1.82, 2.24) is 30.0 Å². The smallest absolute Gasteiger partial charge is 0.251 e. The number of nitrogens with zero attached hydrogens (tertiary/aromatic N) is 5. The molecule has 162 valence electrons. The number of aryl methyl sites for hydroxylation is 1. The predicted molar refractivity (Wildman–Crippen MR) is 120 cm³/mol. The van der Waals surface area contributed by atoms with Gasteiger partial charge < -0.3 is 10.1 Å². The molecule has 1 amide bonds. The van der Waals surface area contributed by atoms with E-state index in [1.165, 1.54) is 11.9 Å². The Hall–Kier alpha value is -3.91. The second-order valence-corrected chi connectivity index (χ2v) is 7.48. The van der Waals surface area contributed by atoms with E-state index in [2.05, 4.69) is 25.4 Å². The summed E-state index contributed by atoms with van der Waals surface area (Å²) in [7, 11) is 1.61. The third-order valence-electron chi connectivity index (χ3n) is 5.08. The van der Waals surface area contributed by atoms with Gasteiger partial charge in [-0.05, 0) is 43.2 Å². The highest BCUT2D eigenvalue weighted by Crippen LogP contribution is 2.25. The van der Waals surface area contributed by atoms with Crippen LogP contribution in [0.25, 0.3) is 16.8 Å². The van der Waals surface area contributed by atoms with Gasteiger partial charge in [0.25, 0.3) is 5.91 Å². The molecule has 0 aliphatic rings. The van der Waals surface area contributed by atoms with Crippen LogP contribution >= 0.6 is 0 Å². The zero-order valence-electron chi connectivity index (χ0n) is 18.2. The first kappa shape index (κ1) is 21.3. The lowest BCUT2D eigenvalue weighted by Crippen LogP contribution is -2.27. The molecule has 32 heavy (non-hydrogen) atoms. The Labute approximate surface area is 186 Å². The minimum absolute atomic E-state index is 0.216. The molecule has 0 aliphatic heterocycles. The first-order valence-corrected chi connectivity index (χ1v) is 10.2. The van der Waals surface area contributed by atoms with E-state index in [1.54, 1.807) is 36.4 Å². The Kier molecular flexibility index (Phi) is 6.32. The molecule has 1 atom stereocenters. The highest BCUT2D eigenvalue weighted by atomic mass is 16.5. The van der Waals surface area contributed by atoms with Crippen LogP contribution in [0, 0.1) is 6.92 Å². The standard InChI is InChI=1S/C24H24N6O2/c1-16-4-6-18(7-5-16)19-10-20(24(31)29-17(2)22-13-25-8-9-26-22)12-21(11-19)30-23(14-32-3)27-15-28-30/h4-13,15,17H,14H2,1-3H3,(H,29,31). The van der Waals surface area contributed by atoms with Gasteiger partial charge in [0.15, 0.2) is 5.82 Å². The molecule has 0 spiro atoms. The van der Waals surface area contributed by atoms with Crippen molar-refractivity contribution in [1.29, 1.82) is 0 Å². The van der Waals surface area contributed by atoms with Crippen molar-refractivity contribution in [2.24, 2.45) is 0 Å². The SMILES string of the molecule is COCc1ncnn1-c1cc(C(=O)NC(C)c2cnccn2)cc(-c2ccc(C)cc2)c1. The molecule has 0 saturated carbocycles. The Bertz CT molecular complexity index is 1200. The first-order valence-electron chi connectivity index (χ1n) is 10.2. The molecule has 4 aromatic rings. The molecule has 4 rings (SSSR count). The number of hydrogen-bond acceptors (Lipinski definition) is 6. The molecule has 1 unspecified atom stereocenters. The molecule has 0 bridgehead atoms. The van der Waals surface area contributed by atoms with E-state index in [0.717, 1.165) is 16.8 Å². The number of nitrogens with one attached hydrogen (secondary N) is 1. The summed E-state index contributed by atoms with van der Waals surface area (Å²) in [6, 6.07) is 13.5. The Morgan fingerprint density at radius 3 is 2.62 bits per heavy atom. The Morgan fingerprint density at radius 2 is 1.91 bits per heavy atom. The fourth-order valence-electron chi connectivity index (χ4n) is 3.37. The number of methoxy groups -OCH3 is 1. The van der Waals surface area contributed by atoms with Gasteiger partial charge in [0.05, 0.1) is 23.6 Å². The van der Waals surface area contributed by atoms with Gasteiger partial charge >= 0.3 is 0 Å². The number of benzene rings is 2. The first-order chi connectivity index (χ1) is 15.5. The zero-order chi connectivity index (χ0) is 22.5. The number of hydrogen-bond donors (Lipinski definition) is 1. The van der Waals surface area contributed by atoms with Gasteiger partial charge in [-0.1, -0.05) is 29.8 Å². The largest absolute Gasteiger partial charge is 0.377 e. The molecular formula is C24H24N6O2. The van der Waals surface area contributed by atoms with Crippen molar-refractivity contribution < 1.29 is 9.53 Å². The topological polar surface area (TPSA) is 94.8 Å². The molecule has 8 heteroatoms. The van der Waals surface area contributed by atoms with Crippen molar-refractivity contribution in [2.75, 3.05) is 7.11 Å². The van der Waals surface area contributed by atoms with E-state index in [-0.39, 0.29) is 11.9 Å². The number of aromatic nitrogens is 5. The highest BCUT2D eigenvalue weighted by Gasteiger charge is 2.16. The number of ether oxygens (including phenoxy) is 1. The molecule has 2 aromatic heterocycles. The molecule has 0 fully saturated rings. The average Bonchev–Trinajstić information content (AvgIpc) is 3.28. The van der Waals surface area contributed by atoms with Gasteiger partial charge in [0.2, 0.25) is 0 Å². The molecule has 2 aromatic carbocycles. The molecule has 2 heterocycles. The summed E-state index contributed by atoms with van der Waals surface area (Å²) < 4.78 is 6.92. The number of rotatable bonds is 7. The van der Waals surface area contributed by atoms with Gasteiger partial charge in [0, 0.05) is 25.1 Å². The van der Waals surface area contributed by atoms with Crippen molar-refractivity contribution in [3.8, 4) is 16.8 Å². The summed E-state index contributed by atoms with van der Waals surface area (Å²) in [6.07, 6.45) is 6.33. The second-order valence-electron chi connectivity index (χ2n) is 7.48. The molecule has 0 radical (unpaired) electrons. The Morgan fingerprint density at radius 1 is 1.09 bits per heavy atom. The van der Waals surface area contributed by atoms with E-state index < -0.39 is 0 Å². The van der Waals surface area contributed by atoms with Crippen LogP contribution in [0.2, 0.25) is 0 Å². The average molecular weight is 428 g/mol. The van der Waals surface area contributed by atoms with Crippen molar-refractivity contribution >= 4 is 5.91 Å². The summed E-state index contributed by atoms with van der Waals surface area (Å²) in [5.41, 5.74) is 4.99.